The average molecular weight is 405 g/mol. The molecule has 0 radical (unpaired) electrons. The number of amides is 3. The molecule has 1 aliphatic rings. The van der Waals surface area contributed by atoms with Crippen molar-refractivity contribution in [2.45, 2.75) is 25.6 Å². The molecule has 0 aliphatic carbocycles. The van der Waals surface area contributed by atoms with Gasteiger partial charge in [0, 0.05) is 25.3 Å². The molecule has 0 saturated carbocycles. The van der Waals surface area contributed by atoms with Gasteiger partial charge in [0.25, 0.3) is 0 Å². The topological polar surface area (TPSA) is 61.4 Å². The van der Waals surface area contributed by atoms with Crippen LogP contribution in [-0.2, 0) is 17.5 Å². The van der Waals surface area contributed by atoms with Crippen molar-refractivity contribution in [3.63, 3.8) is 0 Å². The van der Waals surface area contributed by atoms with E-state index in [0.29, 0.717) is 30.6 Å². The zero-order valence-corrected chi connectivity index (χ0v) is 15.7. The lowest BCUT2D eigenvalue weighted by Gasteiger charge is -2.32. The van der Waals surface area contributed by atoms with Crippen molar-refractivity contribution in [2.75, 3.05) is 18.4 Å². The molecule has 3 amide bonds. The van der Waals surface area contributed by atoms with Crippen LogP contribution >= 0.6 is 0 Å². The molecular weight excluding hydrogens is 383 g/mol. The van der Waals surface area contributed by atoms with Gasteiger partial charge in [-0.2, -0.15) is 13.2 Å². The highest BCUT2D eigenvalue weighted by molar-refractivity contribution is 5.93. The Kier molecular flexibility index (Phi) is 6.41. The molecule has 1 aliphatic heterocycles. The standard InChI is InChI=1S/C21H22F3N3O2/c22-21(23,24)17-8-4-6-15(12-17)13-25-20(29)27-11-5-7-16(14-27)19(28)26-18-9-2-1-3-10-18/h1-4,6,8-10,12,16H,5,7,11,13-14H2,(H,25,29)(H,26,28). The number of hydrogen-bond donors (Lipinski definition) is 2. The van der Waals surface area contributed by atoms with E-state index in [4.69, 9.17) is 0 Å². The predicted molar refractivity (Wildman–Crippen MR) is 103 cm³/mol. The molecule has 1 saturated heterocycles. The van der Waals surface area contributed by atoms with Crippen LogP contribution in [0.2, 0.25) is 0 Å². The number of urea groups is 1. The summed E-state index contributed by atoms with van der Waals surface area (Å²) in [5, 5.41) is 5.49. The fourth-order valence-corrected chi connectivity index (χ4v) is 3.29. The van der Waals surface area contributed by atoms with E-state index in [-0.39, 0.29) is 30.9 Å². The van der Waals surface area contributed by atoms with Crippen molar-refractivity contribution in [3.05, 3.63) is 65.7 Å². The van der Waals surface area contributed by atoms with Gasteiger partial charge in [0.1, 0.15) is 0 Å². The van der Waals surface area contributed by atoms with Crippen LogP contribution in [0.5, 0.6) is 0 Å². The molecule has 0 bridgehead atoms. The van der Waals surface area contributed by atoms with Crippen molar-refractivity contribution in [1.29, 1.82) is 0 Å². The van der Waals surface area contributed by atoms with E-state index >= 15 is 0 Å². The second-order valence-corrected chi connectivity index (χ2v) is 7.00. The van der Waals surface area contributed by atoms with Crippen molar-refractivity contribution in [2.24, 2.45) is 5.92 Å². The molecule has 3 rings (SSSR count). The van der Waals surface area contributed by atoms with Crippen molar-refractivity contribution >= 4 is 17.6 Å². The van der Waals surface area contributed by atoms with E-state index in [1.807, 2.05) is 18.2 Å². The van der Waals surface area contributed by atoms with Crippen LogP contribution in [0.3, 0.4) is 0 Å². The smallest absolute Gasteiger partial charge is 0.334 e. The average Bonchev–Trinajstić information content (AvgIpc) is 2.72. The SMILES string of the molecule is O=C(Nc1ccccc1)C1CCCN(C(=O)NCc2cccc(C(F)(F)F)c2)C1. The number of nitrogens with zero attached hydrogens (tertiary/aromatic N) is 1. The second-order valence-electron chi connectivity index (χ2n) is 7.00. The van der Waals surface area contributed by atoms with Crippen LogP contribution in [0.4, 0.5) is 23.7 Å². The predicted octanol–water partition coefficient (Wildman–Crippen LogP) is 4.27. The largest absolute Gasteiger partial charge is 0.416 e. The van der Waals surface area contributed by atoms with Crippen LogP contribution in [0.15, 0.2) is 54.6 Å². The van der Waals surface area contributed by atoms with Gasteiger partial charge >= 0.3 is 12.2 Å². The van der Waals surface area contributed by atoms with E-state index < -0.39 is 11.7 Å². The maximum Gasteiger partial charge on any atom is 0.416 e. The van der Waals surface area contributed by atoms with Gasteiger partial charge in [0.05, 0.1) is 11.5 Å². The quantitative estimate of drug-likeness (QED) is 0.798. The molecule has 2 N–H and O–H groups in total. The fraction of sp³-hybridized carbons (Fsp3) is 0.333. The number of likely N-dealkylation sites (tertiary alicyclic amines) is 1. The van der Waals surface area contributed by atoms with Crippen LogP contribution in [0.25, 0.3) is 0 Å². The lowest BCUT2D eigenvalue weighted by Crippen LogP contribution is -2.47. The molecule has 5 nitrogen and oxygen atoms in total. The molecular formula is C21H22F3N3O2. The first-order chi connectivity index (χ1) is 13.8. The first-order valence-electron chi connectivity index (χ1n) is 9.38. The molecule has 1 fully saturated rings. The lowest BCUT2D eigenvalue weighted by molar-refractivity contribution is -0.137. The van der Waals surface area contributed by atoms with Crippen molar-refractivity contribution < 1.29 is 22.8 Å². The number of nitrogens with one attached hydrogen (secondary N) is 2. The summed E-state index contributed by atoms with van der Waals surface area (Å²) in [4.78, 5) is 26.4. The number of para-hydroxylation sites is 1. The minimum absolute atomic E-state index is 0.0138. The van der Waals surface area contributed by atoms with Gasteiger partial charge in [-0.25, -0.2) is 4.79 Å². The maximum atomic E-state index is 12.8. The molecule has 29 heavy (non-hydrogen) atoms. The van der Waals surface area contributed by atoms with Gasteiger partial charge in [-0.05, 0) is 42.7 Å². The van der Waals surface area contributed by atoms with Gasteiger partial charge < -0.3 is 15.5 Å². The Morgan fingerprint density at radius 1 is 1.07 bits per heavy atom. The second kappa shape index (κ2) is 8.98. The number of hydrogen-bond acceptors (Lipinski definition) is 2. The minimum Gasteiger partial charge on any atom is -0.334 e. The van der Waals surface area contributed by atoms with Crippen LogP contribution in [-0.4, -0.2) is 29.9 Å². The summed E-state index contributed by atoms with van der Waals surface area (Å²) in [7, 11) is 0. The molecule has 154 valence electrons. The monoisotopic (exact) mass is 405 g/mol. The van der Waals surface area contributed by atoms with E-state index in [1.165, 1.54) is 17.0 Å². The van der Waals surface area contributed by atoms with Gasteiger partial charge in [0.15, 0.2) is 0 Å². The summed E-state index contributed by atoms with van der Waals surface area (Å²) < 4.78 is 38.4. The Hall–Kier alpha value is -3.03. The summed E-state index contributed by atoms with van der Waals surface area (Å²) in [6.45, 7) is 0.761. The molecule has 1 atom stereocenters. The zero-order valence-electron chi connectivity index (χ0n) is 15.7. The number of rotatable bonds is 4. The van der Waals surface area contributed by atoms with Crippen molar-refractivity contribution in [1.82, 2.24) is 10.2 Å². The third kappa shape index (κ3) is 5.73. The van der Waals surface area contributed by atoms with Crippen LogP contribution in [0, 0.1) is 5.92 Å². The first kappa shape index (κ1) is 20.7. The minimum atomic E-state index is -4.42. The summed E-state index contributed by atoms with van der Waals surface area (Å²) in [5.74, 6) is -0.477. The first-order valence-corrected chi connectivity index (χ1v) is 9.38. The maximum absolute atomic E-state index is 12.8. The fourth-order valence-electron chi connectivity index (χ4n) is 3.29. The third-order valence-electron chi connectivity index (χ3n) is 4.82. The number of anilines is 1. The van der Waals surface area contributed by atoms with Gasteiger partial charge in [0.2, 0.25) is 5.91 Å². The molecule has 1 unspecified atom stereocenters. The number of piperidine rings is 1. The zero-order chi connectivity index (χ0) is 20.9. The van der Waals surface area contributed by atoms with E-state index in [9.17, 15) is 22.8 Å². The molecule has 0 spiro atoms. The molecule has 8 heteroatoms. The van der Waals surface area contributed by atoms with Crippen LogP contribution in [0.1, 0.15) is 24.0 Å². The van der Waals surface area contributed by atoms with Crippen LogP contribution < -0.4 is 10.6 Å². The number of halogens is 3. The summed E-state index contributed by atoms with van der Waals surface area (Å²) >= 11 is 0. The summed E-state index contributed by atoms with van der Waals surface area (Å²) in [6, 6.07) is 13.6. The number of alkyl halides is 3. The Bertz CT molecular complexity index is 856. The Morgan fingerprint density at radius 3 is 2.55 bits per heavy atom. The number of benzene rings is 2. The normalized spacial score (nSPS) is 16.9. The number of carbonyl (C=O) groups is 2. The van der Waals surface area contributed by atoms with Crippen molar-refractivity contribution in [3.8, 4) is 0 Å². The Morgan fingerprint density at radius 2 is 1.83 bits per heavy atom. The molecule has 1 heterocycles. The van der Waals surface area contributed by atoms with Gasteiger partial charge in [-0.3, -0.25) is 4.79 Å². The van der Waals surface area contributed by atoms with Gasteiger partial charge in [-0.1, -0.05) is 30.3 Å². The lowest BCUT2D eigenvalue weighted by atomic mass is 9.97. The highest BCUT2D eigenvalue weighted by Crippen LogP contribution is 2.29. The summed E-state index contributed by atoms with van der Waals surface area (Å²) in [5.41, 5.74) is 0.312. The van der Waals surface area contributed by atoms with E-state index in [2.05, 4.69) is 10.6 Å². The van der Waals surface area contributed by atoms with Gasteiger partial charge in [-0.15, -0.1) is 0 Å². The Labute approximate surface area is 166 Å². The van der Waals surface area contributed by atoms with E-state index in [1.54, 1.807) is 12.1 Å². The highest BCUT2D eigenvalue weighted by Gasteiger charge is 2.31. The third-order valence-corrected chi connectivity index (χ3v) is 4.82. The Balaban J connectivity index is 1.54. The number of carbonyl (C=O) groups excluding carboxylic acids is 2. The summed E-state index contributed by atoms with van der Waals surface area (Å²) in [6.07, 6.45) is -3.06. The highest BCUT2D eigenvalue weighted by atomic mass is 19.4. The van der Waals surface area contributed by atoms with E-state index in [0.717, 1.165) is 12.1 Å². The molecule has 2 aromatic carbocycles. The molecule has 2 aromatic rings. The molecule has 0 aromatic heterocycles.